The second-order valence-electron chi connectivity index (χ2n) is 4.94. The number of amides is 1. The van der Waals surface area contributed by atoms with Crippen molar-refractivity contribution in [2.24, 2.45) is 0 Å². The fourth-order valence-corrected chi connectivity index (χ4v) is 2.03. The van der Waals surface area contributed by atoms with Crippen molar-refractivity contribution in [1.29, 1.82) is 0 Å². The first-order valence-electron chi connectivity index (χ1n) is 7.18. The van der Waals surface area contributed by atoms with Gasteiger partial charge in [-0.25, -0.2) is 13.9 Å². The summed E-state index contributed by atoms with van der Waals surface area (Å²) in [6.07, 6.45) is 1.39. The summed E-state index contributed by atoms with van der Waals surface area (Å²) < 4.78 is 19.4. The summed E-state index contributed by atoms with van der Waals surface area (Å²) in [6.45, 7) is -0.496. The van der Waals surface area contributed by atoms with Crippen molar-refractivity contribution in [2.45, 2.75) is 0 Å². The molecular weight excluding hydrogens is 329 g/mol. The van der Waals surface area contributed by atoms with E-state index in [2.05, 4.69) is 20.8 Å². The molecule has 1 N–H and O–H groups in total. The average Bonchev–Trinajstić information content (AvgIpc) is 3.14. The molecule has 0 atom stereocenters. The van der Waals surface area contributed by atoms with Crippen LogP contribution in [-0.4, -0.2) is 38.7 Å². The van der Waals surface area contributed by atoms with E-state index in [1.807, 2.05) is 0 Å². The van der Waals surface area contributed by atoms with E-state index < -0.39 is 24.3 Å². The summed E-state index contributed by atoms with van der Waals surface area (Å²) in [5, 5.41) is 13.2. The Bertz CT molecular complexity index is 898. The lowest BCUT2D eigenvalue weighted by Gasteiger charge is -2.07. The van der Waals surface area contributed by atoms with E-state index in [9.17, 15) is 14.0 Å². The van der Waals surface area contributed by atoms with Gasteiger partial charge in [0.05, 0.1) is 11.3 Å². The number of esters is 1. The summed E-state index contributed by atoms with van der Waals surface area (Å²) in [4.78, 5) is 23.8. The highest BCUT2D eigenvalue weighted by molar-refractivity contribution is 5.95. The van der Waals surface area contributed by atoms with Crippen LogP contribution >= 0.6 is 0 Å². The molecule has 0 spiro atoms. The van der Waals surface area contributed by atoms with Gasteiger partial charge in [0.15, 0.2) is 6.61 Å². The molecular formula is C16H12FN5O3. The summed E-state index contributed by atoms with van der Waals surface area (Å²) in [7, 11) is 0. The van der Waals surface area contributed by atoms with Gasteiger partial charge in [-0.3, -0.25) is 4.79 Å². The first-order chi connectivity index (χ1) is 12.1. The average molecular weight is 341 g/mol. The van der Waals surface area contributed by atoms with Gasteiger partial charge in [0.25, 0.3) is 5.91 Å². The van der Waals surface area contributed by atoms with E-state index in [4.69, 9.17) is 4.74 Å². The van der Waals surface area contributed by atoms with Gasteiger partial charge < -0.3 is 10.1 Å². The zero-order valence-electron chi connectivity index (χ0n) is 12.8. The predicted molar refractivity (Wildman–Crippen MR) is 84.5 cm³/mol. The van der Waals surface area contributed by atoms with Crippen molar-refractivity contribution in [3.05, 3.63) is 66.2 Å². The van der Waals surface area contributed by atoms with E-state index in [1.165, 1.54) is 35.3 Å². The molecule has 0 radical (unpaired) electrons. The Kier molecular flexibility index (Phi) is 4.74. The molecule has 126 valence electrons. The Morgan fingerprint density at radius 3 is 2.76 bits per heavy atom. The topological polar surface area (TPSA) is 99.0 Å². The fourth-order valence-electron chi connectivity index (χ4n) is 2.03. The van der Waals surface area contributed by atoms with Gasteiger partial charge >= 0.3 is 5.97 Å². The maximum Gasteiger partial charge on any atom is 0.338 e. The number of nitrogens with zero attached hydrogens (tertiary/aromatic N) is 4. The van der Waals surface area contributed by atoms with Crippen molar-refractivity contribution < 1.29 is 18.7 Å². The third-order valence-corrected chi connectivity index (χ3v) is 3.14. The molecule has 0 aliphatic rings. The molecule has 25 heavy (non-hydrogen) atoms. The maximum atomic E-state index is 13.1. The normalized spacial score (nSPS) is 10.3. The zero-order chi connectivity index (χ0) is 17.6. The molecule has 1 amide bonds. The number of nitrogens with one attached hydrogen (secondary N) is 1. The van der Waals surface area contributed by atoms with Gasteiger partial charge in [0.1, 0.15) is 12.1 Å². The minimum Gasteiger partial charge on any atom is -0.452 e. The van der Waals surface area contributed by atoms with Crippen LogP contribution in [0.1, 0.15) is 10.4 Å². The summed E-state index contributed by atoms with van der Waals surface area (Å²) >= 11 is 0. The van der Waals surface area contributed by atoms with Crippen molar-refractivity contribution in [1.82, 2.24) is 20.2 Å². The van der Waals surface area contributed by atoms with E-state index in [0.29, 0.717) is 5.69 Å². The van der Waals surface area contributed by atoms with E-state index in [-0.39, 0.29) is 11.3 Å². The summed E-state index contributed by atoms with van der Waals surface area (Å²) in [6, 6.07) is 11.8. The molecule has 3 aromatic rings. The molecule has 0 aliphatic heterocycles. The van der Waals surface area contributed by atoms with Crippen molar-refractivity contribution in [3.8, 4) is 5.69 Å². The fraction of sp³-hybridized carbons (Fsp3) is 0.0625. The molecule has 2 aromatic carbocycles. The zero-order valence-corrected chi connectivity index (χ0v) is 12.8. The molecule has 1 heterocycles. The first kappa shape index (κ1) is 16.2. The van der Waals surface area contributed by atoms with Crippen LogP contribution in [0.4, 0.5) is 10.1 Å². The van der Waals surface area contributed by atoms with Crippen molar-refractivity contribution in [2.75, 3.05) is 11.9 Å². The monoisotopic (exact) mass is 341 g/mol. The van der Waals surface area contributed by atoms with Gasteiger partial charge in [0, 0.05) is 5.69 Å². The van der Waals surface area contributed by atoms with Gasteiger partial charge in [0.2, 0.25) is 0 Å². The number of aromatic nitrogens is 4. The number of tetrazole rings is 1. The highest BCUT2D eigenvalue weighted by Gasteiger charge is 2.12. The standard InChI is InChI=1S/C16H12FN5O3/c17-12-4-2-5-13(8-12)19-15(23)9-25-16(24)11-3-1-6-14(7-11)22-10-18-20-21-22/h1-8,10H,9H2,(H,19,23). The molecule has 0 bridgehead atoms. The Labute approximate surface area is 141 Å². The highest BCUT2D eigenvalue weighted by atomic mass is 19.1. The number of hydrogen-bond acceptors (Lipinski definition) is 6. The van der Waals surface area contributed by atoms with Gasteiger partial charge in [-0.15, -0.1) is 5.10 Å². The number of carbonyl (C=O) groups excluding carboxylic acids is 2. The van der Waals surface area contributed by atoms with Crippen LogP contribution in [0.15, 0.2) is 54.9 Å². The van der Waals surface area contributed by atoms with Crippen molar-refractivity contribution in [3.63, 3.8) is 0 Å². The lowest BCUT2D eigenvalue weighted by Crippen LogP contribution is -2.21. The Morgan fingerprint density at radius 2 is 2.00 bits per heavy atom. The number of halogens is 1. The quantitative estimate of drug-likeness (QED) is 0.708. The second kappa shape index (κ2) is 7.30. The SMILES string of the molecule is O=C(COC(=O)c1cccc(-n2cnnn2)c1)Nc1cccc(F)c1. The third-order valence-electron chi connectivity index (χ3n) is 3.14. The molecule has 8 nitrogen and oxygen atoms in total. The second-order valence-corrected chi connectivity index (χ2v) is 4.94. The summed E-state index contributed by atoms with van der Waals surface area (Å²) in [5.41, 5.74) is 1.09. The first-order valence-corrected chi connectivity index (χ1v) is 7.18. The highest BCUT2D eigenvalue weighted by Crippen LogP contribution is 2.11. The predicted octanol–water partition coefficient (Wildman–Crippen LogP) is 1.60. The van der Waals surface area contributed by atoms with Crippen LogP contribution in [-0.2, 0) is 9.53 Å². The molecule has 0 aliphatic carbocycles. The van der Waals surface area contributed by atoms with Crippen LogP contribution in [0.2, 0.25) is 0 Å². The molecule has 1 aromatic heterocycles. The minimum absolute atomic E-state index is 0.242. The molecule has 0 saturated carbocycles. The lowest BCUT2D eigenvalue weighted by molar-refractivity contribution is -0.119. The Balaban J connectivity index is 1.59. The molecule has 0 fully saturated rings. The molecule has 3 rings (SSSR count). The van der Waals surface area contributed by atoms with E-state index in [0.717, 1.165) is 6.07 Å². The van der Waals surface area contributed by atoms with Gasteiger partial charge in [-0.1, -0.05) is 12.1 Å². The number of benzene rings is 2. The minimum atomic E-state index is -0.677. The molecule has 0 saturated heterocycles. The van der Waals surface area contributed by atoms with Crippen LogP contribution in [0.3, 0.4) is 0 Å². The third kappa shape index (κ3) is 4.22. The molecule has 0 unspecified atom stereocenters. The van der Waals surface area contributed by atoms with Crippen LogP contribution in [0.25, 0.3) is 5.69 Å². The van der Waals surface area contributed by atoms with Crippen LogP contribution < -0.4 is 5.32 Å². The summed E-state index contributed by atoms with van der Waals surface area (Å²) in [5.74, 6) is -1.73. The molecule has 9 heteroatoms. The number of anilines is 1. The number of rotatable bonds is 5. The number of carbonyl (C=O) groups is 2. The number of ether oxygens (including phenoxy) is 1. The lowest BCUT2D eigenvalue weighted by atomic mass is 10.2. The maximum absolute atomic E-state index is 13.1. The van der Waals surface area contributed by atoms with E-state index >= 15 is 0 Å². The van der Waals surface area contributed by atoms with Gasteiger partial charge in [-0.05, 0) is 46.8 Å². The van der Waals surface area contributed by atoms with Crippen molar-refractivity contribution >= 4 is 17.6 Å². The van der Waals surface area contributed by atoms with E-state index in [1.54, 1.807) is 18.2 Å². The smallest absolute Gasteiger partial charge is 0.338 e. The number of hydrogen-bond donors (Lipinski definition) is 1. The van der Waals surface area contributed by atoms with Crippen LogP contribution in [0.5, 0.6) is 0 Å². The Hall–Kier alpha value is -3.62. The largest absolute Gasteiger partial charge is 0.452 e. The van der Waals surface area contributed by atoms with Gasteiger partial charge in [-0.2, -0.15) is 0 Å². The van der Waals surface area contributed by atoms with Crippen LogP contribution in [0, 0.1) is 5.82 Å². The Morgan fingerprint density at radius 1 is 1.16 bits per heavy atom.